The highest BCUT2D eigenvalue weighted by atomic mass is 35.5. The minimum Gasteiger partial charge on any atom is -0.496 e. The third-order valence-corrected chi connectivity index (χ3v) is 4.96. The maximum Gasteiger partial charge on any atom is 0.272 e. The summed E-state index contributed by atoms with van der Waals surface area (Å²) < 4.78 is 6.83. The van der Waals surface area contributed by atoms with Gasteiger partial charge in [-0.3, -0.25) is 4.79 Å². The van der Waals surface area contributed by atoms with Crippen LogP contribution in [-0.4, -0.2) is 27.6 Å². The highest BCUT2D eigenvalue weighted by Gasteiger charge is 2.13. The van der Waals surface area contributed by atoms with Gasteiger partial charge in [-0.25, -0.2) is 0 Å². The Morgan fingerprint density at radius 1 is 1.13 bits per heavy atom. The van der Waals surface area contributed by atoms with E-state index in [-0.39, 0.29) is 5.56 Å². The van der Waals surface area contributed by atoms with Crippen molar-refractivity contribution in [1.29, 1.82) is 0 Å². The normalized spacial score (nSPS) is 11.0. The van der Waals surface area contributed by atoms with Crippen molar-refractivity contribution in [3.05, 3.63) is 86.8 Å². The summed E-state index contributed by atoms with van der Waals surface area (Å²) in [5.74, 6) is 6.62. The molecule has 6 heteroatoms. The molecule has 0 bridgehead atoms. The lowest BCUT2D eigenvalue weighted by atomic mass is 9.98. The fourth-order valence-corrected chi connectivity index (χ4v) is 3.35. The maximum atomic E-state index is 12.6. The molecule has 3 rings (SSSR count). The van der Waals surface area contributed by atoms with Gasteiger partial charge in [0.2, 0.25) is 0 Å². The van der Waals surface area contributed by atoms with Gasteiger partial charge in [0.25, 0.3) is 5.56 Å². The Morgan fingerprint density at radius 2 is 1.90 bits per heavy atom. The predicted molar refractivity (Wildman–Crippen MR) is 123 cm³/mol. The molecule has 0 spiro atoms. The first-order valence-electron chi connectivity index (χ1n) is 10.0. The van der Waals surface area contributed by atoms with E-state index < -0.39 is 5.60 Å². The van der Waals surface area contributed by atoms with E-state index in [1.165, 1.54) is 10.7 Å². The largest absolute Gasteiger partial charge is 0.496 e. The zero-order chi connectivity index (χ0) is 22.4. The van der Waals surface area contributed by atoms with Crippen LogP contribution in [0.15, 0.2) is 59.5 Å². The topological polar surface area (TPSA) is 64.4 Å². The highest BCUT2D eigenvalue weighted by molar-refractivity contribution is 6.30. The summed E-state index contributed by atoms with van der Waals surface area (Å²) in [5, 5.41) is 14.8. The van der Waals surface area contributed by atoms with Gasteiger partial charge in [-0.1, -0.05) is 35.6 Å². The van der Waals surface area contributed by atoms with Gasteiger partial charge in [0, 0.05) is 22.7 Å². The molecule has 2 aromatic carbocycles. The molecule has 0 aliphatic heterocycles. The number of ether oxygens (including phenoxy) is 1. The summed E-state index contributed by atoms with van der Waals surface area (Å²) in [6, 6.07) is 14.2. The van der Waals surface area contributed by atoms with E-state index in [1.807, 2.05) is 24.3 Å². The van der Waals surface area contributed by atoms with Crippen LogP contribution in [-0.2, 0) is 6.42 Å². The van der Waals surface area contributed by atoms with Gasteiger partial charge in [-0.15, -0.1) is 0 Å². The fraction of sp³-hybridized carbons (Fsp3) is 0.280. The standard InChI is InChI=1S/C25H25ClN2O3/c1-25(2,30)13-5-7-20-11-12-22(16-23(20)31-3)28-24(29)15-19(17-27-28)10-9-18-6-4-8-21(26)14-18/h4,6,8,11-12,14-17,30H,5,7,13H2,1-3H3. The van der Waals surface area contributed by atoms with E-state index in [9.17, 15) is 9.90 Å². The summed E-state index contributed by atoms with van der Waals surface area (Å²) in [7, 11) is 1.60. The van der Waals surface area contributed by atoms with Crippen molar-refractivity contribution in [3.63, 3.8) is 0 Å². The van der Waals surface area contributed by atoms with Crippen LogP contribution >= 0.6 is 11.6 Å². The molecule has 0 aliphatic carbocycles. The third-order valence-electron chi connectivity index (χ3n) is 4.73. The van der Waals surface area contributed by atoms with E-state index in [0.29, 0.717) is 28.4 Å². The van der Waals surface area contributed by atoms with E-state index in [0.717, 1.165) is 24.0 Å². The van der Waals surface area contributed by atoms with Crippen LogP contribution in [0.25, 0.3) is 5.69 Å². The van der Waals surface area contributed by atoms with Gasteiger partial charge < -0.3 is 9.84 Å². The number of aliphatic hydroxyl groups is 1. The first kappa shape index (κ1) is 22.6. The Hall–Kier alpha value is -3.07. The Morgan fingerprint density at radius 3 is 2.58 bits per heavy atom. The number of hydrogen-bond donors (Lipinski definition) is 1. The zero-order valence-electron chi connectivity index (χ0n) is 17.9. The molecule has 0 amide bonds. The Kier molecular flexibility index (Phi) is 7.17. The summed E-state index contributed by atoms with van der Waals surface area (Å²) >= 11 is 5.97. The molecule has 1 heterocycles. The first-order valence-corrected chi connectivity index (χ1v) is 10.4. The van der Waals surface area contributed by atoms with Crippen LogP contribution in [0.3, 0.4) is 0 Å². The molecule has 3 aromatic rings. The molecule has 5 nitrogen and oxygen atoms in total. The summed E-state index contributed by atoms with van der Waals surface area (Å²) in [5.41, 5.74) is 1.95. The molecule has 31 heavy (non-hydrogen) atoms. The second kappa shape index (κ2) is 9.82. The van der Waals surface area contributed by atoms with Crippen molar-refractivity contribution in [1.82, 2.24) is 9.78 Å². The second-order valence-electron chi connectivity index (χ2n) is 7.92. The number of aryl methyl sites for hydroxylation is 1. The van der Waals surface area contributed by atoms with Crippen LogP contribution in [0.5, 0.6) is 5.75 Å². The van der Waals surface area contributed by atoms with Crippen molar-refractivity contribution in [2.24, 2.45) is 0 Å². The molecule has 0 aliphatic rings. The van der Waals surface area contributed by atoms with Gasteiger partial charge in [0.05, 0.1) is 30.2 Å². The van der Waals surface area contributed by atoms with Crippen molar-refractivity contribution in [2.75, 3.05) is 7.11 Å². The van der Waals surface area contributed by atoms with Crippen molar-refractivity contribution in [3.8, 4) is 23.3 Å². The van der Waals surface area contributed by atoms with E-state index in [2.05, 4.69) is 16.9 Å². The predicted octanol–water partition coefficient (Wildman–Crippen LogP) is 4.39. The Labute approximate surface area is 187 Å². The van der Waals surface area contributed by atoms with Crippen LogP contribution in [0.2, 0.25) is 5.02 Å². The van der Waals surface area contributed by atoms with E-state index >= 15 is 0 Å². The Bertz CT molecular complexity index is 1180. The molecule has 0 saturated heterocycles. The number of aromatic nitrogens is 2. The van der Waals surface area contributed by atoms with Crippen LogP contribution in [0, 0.1) is 11.8 Å². The van der Waals surface area contributed by atoms with Crippen molar-refractivity contribution in [2.45, 2.75) is 38.7 Å². The average Bonchev–Trinajstić information content (AvgIpc) is 2.72. The molecular weight excluding hydrogens is 412 g/mol. The van der Waals surface area contributed by atoms with Gasteiger partial charge in [0.15, 0.2) is 0 Å². The highest BCUT2D eigenvalue weighted by Crippen LogP contribution is 2.24. The number of nitrogens with zero attached hydrogens (tertiary/aromatic N) is 2. The molecule has 0 unspecified atom stereocenters. The van der Waals surface area contributed by atoms with Gasteiger partial charge in [-0.2, -0.15) is 9.78 Å². The molecule has 0 radical (unpaired) electrons. The summed E-state index contributed by atoms with van der Waals surface area (Å²) in [4.78, 5) is 12.6. The van der Waals surface area contributed by atoms with Crippen molar-refractivity contribution < 1.29 is 9.84 Å². The molecule has 0 atom stereocenters. The molecule has 1 N–H and O–H groups in total. The lowest BCUT2D eigenvalue weighted by Gasteiger charge is -2.17. The fourth-order valence-electron chi connectivity index (χ4n) is 3.16. The maximum absolute atomic E-state index is 12.6. The number of halogens is 1. The third kappa shape index (κ3) is 6.45. The molecule has 160 valence electrons. The lowest BCUT2D eigenvalue weighted by Crippen LogP contribution is -2.20. The van der Waals surface area contributed by atoms with Crippen molar-refractivity contribution >= 4 is 11.6 Å². The number of benzene rings is 2. The van der Waals surface area contributed by atoms with Gasteiger partial charge >= 0.3 is 0 Å². The van der Waals surface area contributed by atoms with E-state index in [4.69, 9.17) is 16.3 Å². The minimum atomic E-state index is -0.693. The number of hydrogen-bond acceptors (Lipinski definition) is 4. The quantitative estimate of drug-likeness (QED) is 0.582. The Balaban J connectivity index is 1.80. The lowest BCUT2D eigenvalue weighted by molar-refractivity contribution is 0.0689. The van der Waals surface area contributed by atoms with Crippen LogP contribution in [0.1, 0.15) is 43.4 Å². The minimum absolute atomic E-state index is 0.283. The van der Waals surface area contributed by atoms with Gasteiger partial charge in [-0.05, 0) is 62.9 Å². The molecule has 0 saturated carbocycles. The monoisotopic (exact) mass is 436 g/mol. The summed E-state index contributed by atoms with van der Waals surface area (Å²) in [6.07, 6.45) is 3.85. The van der Waals surface area contributed by atoms with Crippen LogP contribution in [0.4, 0.5) is 0 Å². The SMILES string of the molecule is COc1cc(-n2ncc(C#Cc3cccc(Cl)c3)cc2=O)ccc1CCCC(C)(C)O. The average molecular weight is 437 g/mol. The zero-order valence-corrected chi connectivity index (χ0v) is 18.6. The number of rotatable bonds is 6. The number of methoxy groups -OCH3 is 1. The van der Waals surface area contributed by atoms with Gasteiger partial charge in [0.1, 0.15) is 5.75 Å². The summed E-state index contributed by atoms with van der Waals surface area (Å²) in [6.45, 7) is 3.60. The van der Waals surface area contributed by atoms with Crippen LogP contribution < -0.4 is 10.3 Å². The van der Waals surface area contributed by atoms with E-state index in [1.54, 1.807) is 45.4 Å². The first-order chi connectivity index (χ1) is 14.7. The smallest absolute Gasteiger partial charge is 0.272 e. The second-order valence-corrected chi connectivity index (χ2v) is 8.35. The molecular formula is C25H25ClN2O3. The molecule has 1 aromatic heterocycles. The molecule has 0 fully saturated rings.